The maximum atomic E-state index is 4.50. The van der Waals surface area contributed by atoms with Gasteiger partial charge in [-0.3, -0.25) is 4.68 Å². The van der Waals surface area contributed by atoms with Crippen LogP contribution in [0.15, 0.2) is 6.20 Å². The molecule has 1 aliphatic carbocycles. The van der Waals surface area contributed by atoms with Crippen molar-refractivity contribution in [1.29, 1.82) is 0 Å². The van der Waals surface area contributed by atoms with Crippen molar-refractivity contribution >= 4 is 0 Å². The van der Waals surface area contributed by atoms with Gasteiger partial charge in [0.1, 0.15) is 0 Å². The number of aromatic nitrogens is 2. The van der Waals surface area contributed by atoms with Crippen molar-refractivity contribution in [3.05, 3.63) is 17.5 Å². The number of rotatable bonds is 6. The number of nitrogens with one attached hydrogen (secondary N) is 1. The van der Waals surface area contributed by atoms with E-state index >= 15 is 0 Å². The Balaban J connectivity index is 2.08. The molecule has 1 aliphatic rings. The lowest BCUT2D eigenvalue weighted by Gasteiger charge is -2.12. The smallest absolute Gasteiger partial charge is 0.0537 e. The van der Waals surface area contributed by atoms with Crippen molar-refractivity contribution in [2.45, 2.75) is 65.1 Å². The van der Waals surface area contributed by atoms with Crippen LogP contribution in [0.5, 0.6) is 0 Å². The van der Waals surface area contributed by atoms with Gasteiger partial charge in [0, 0.05) is 30.4 Å². The second-order valence-corrected chi connectivity index (χ2v) is 5.09. The molecule has 0 atom stereocenters. The summed E-state index contributed by atoms with van der Waals surface area (Å²) in [6.07, 6.45) is 5.89. The molecule has 0 saturated heterocycles. The van der Waals surface area contributed by atoms with E-state index in [1.165, 1.54) is 24.1 Å². The Morgan fingerprint density at radius 2 is 2.25 bits per heavy atom. The molecule has 0 radical (unpaired) electrons. The first-order chi connectivity index (χ1) is 7.72. The first kappa shape index (κ1) is 11.6. The highest BCUT2D eigenvalue weighted by molar-refractivity contribution is 5.21. The molecule has 0 spiro atoms. The lowest BCUT2D eigenvalue weighted by atomic mass is 10.1. The molecule has 90 valence electrons. The Morgan fingerprint density at radius 1 is 1.50 bits per heavy atom. The molecule has 16 heavy (non-hydrogen) atoms. The van der Waals surface area contributed by atoms with Gasteiger partial charge in [0.25, 0.3) is 0 Å². The lowest BCUT2D eigenvalue weighted by molar-refractivity contribution is 0.553. The van der Waals surface area contributed by atoms with Crippen LogP contribution in [0.2, 0.25) is 0 Å². The average molecular weight is 221 g/mol. The standard InChI is InChI=1S/C13H23N3/c1-4-7-16-13(10(2)3)11(9-15-16)8-14-12-5-6-12/h9-10,12,14H,4-8H2,1-3H3. The predicted molar refractivity (Wildman–Crippen MR) is 66.5 cm³/mol. The molecule has 1 aromatic rings. The van der Waals surface area contributed by atoms with Gasteiger partial charge < -0.3 is 5.32 Å². The van der Waals surface area contributed by atoms with E-state index in [9.17, 15) is 0 Å². The van der Waals surface area contributed by atoms with Gasteiger partial charge >= 0.3 is 0 Å². The van der Waals surface area contributed by atoms with Crippen LogP contribution in [0.1, 0.15) is 57.2 Å². The fraction of sp³-hybridized carbons (Fsp3) is 0.769. The van der Waals surface area contributed by atoms with Crippen molar-refractivity contribution in [3.63, 3.8) is 0 Å². The van der Waals surface area contributed by atoms with Crippen LogP contribution in [0.25, 0.3) is 0 Å². The van der Waals surface area contributed by atoms with E-state index in [0.717, 1.165) is 25.6 Å². The normalized spacial score (nSPS) is 16.0. The second-order valence-electron chi connectivity index (χ2n) is 5.09. The highest BCUT2D eigenvalue weighted by Gasteiger charge is 2.21. The largest absolute Gasteiger partial charge is 0.310 e. The number of aryl methyl sites for hydroxylation is 1. The van der Waals surface area contributed by atoms with Crippen LogP contribution in [-0.2, 0) is 13.1 Å². The predicted octanol–water partition coefficient (Wildman–Crippen LogP) is 2.67. The zero-order valence-electron chi connectivity index (χ0n) is 10.7. The minimum absolute atomic E-state index is 0.560. The molecular weight excluding hydrogens is 198 g/mol. The topological polar surface area (TPSA) is 29.9 Å². The first-order valence-corrected chi connectivity index (χ1v) is 6.50. The second kappa shape index (κ2) is 5.00. The van der Waals surface area contributed by atoms with Crippen LogP contribution in [0, 0.1) is 0 Å². The fourth-order valence-electron chi connectivity index (χ4n) is 2.17. The van der Waals surface area contributed by atoms with Gasteiger partial charge in [0.15, 0.2) is 0 Å². The van der Waals surface area contributed by atoms with Gasteiger partial charge in [0.05, 0.1) is 6.20 Å². The minimum atomic E-state index is 0.560. The van der Waals surface area contributed by atoms with Gasteiger partial charge in [0.2, 0.25) is 0 Å². The Kier molecular flexibility index (Phi) is 3.64. The van der Waals surface area contributed by atoms with Crippen LogP contribution in [0.3, 0.4) is 0 Å². The van der Waals surface area contributed by atoms with E-state index in [0.29, 0.717) is 5.92 Å². The van der Waals surface area contributed by atoms with Crippen molar-refractivity contribution in [1.82, 2.24) is 15.1 Å². The molecule has 1 aromatic heterocycles. The van der Waals surface area contributed by atoms with E-state index in [4.69, 9.17) is 0 Å². The summed E-state index contributed by atoms with van der Waals surface area (Å²) in [5.41, 5.74) is 2.80. The Bertz CT molecular complexity index is 337. The van der Waals surface area contributed by atoms with Crippen LogP contribution in [-0.4, -0.2) is 15.8 Å². The average Bonchev–Trinajstić information content (AvgIpc) is 2.98. The van der Waals surface area contributed by atoms with Crippen molar-refractivity contribution in [2.75, 3.05) is 0 Å². The lowest BCUT2D eigenvalue weighted by Crippen LogP contribution is -2.17. The first-order valence-electron chi connectivity index (χ1n) is 6.50. The van der Waals surface area contributed by atoms with Crippen LogP contribution in [0.4, 0.5) is 0 Å². The van der Waals surface area contributed by atoms with Crippen LogP contribution < -0.4 is 5.32 Å². The van der Waals surface area contributed by atoms with Gasteiger partial charge in [-0.1, -0.05) is 20.8 Å². The SMILES string of the molecule is CCCn1ncc(CNC2CC2)c1C(C)C. The van der Waals surface area contributed by atoms with Gasteiger partial charge in [-0.2, -0.15) is 5.10 Å². The summed E-state index contributed by atoms with van der Waals surface area (Å²) in [6.45, 7) is 8.74. The number of nitrogens with zero attached hydrogens (tertiary/aromatic N) is 2. The van der Waals surface area contributed by atoms with Gasteiger partial charge in [-0.05, 0) is 25.2 Å². The summed E-state index contributed by atoms with van der Waals surface area (Å²) in [5.74, 6) is 0.560. The molecule has 3 nitrogen and oxygen atoms in total. The molecule has 2 rings (SSSR count). The molecule has 1 saturated carbocycles. The van der Waals surface area contributed by atoms with Crippen molar-refractivity contribution in [3.8, 4) is 0 Å². The summed E-state index contributed by atoms with van der Waals surface area (Å²) in [5, 5.41) is 8.07. The highest BCUT2D eigenvalue weighted by atomic mass is 15.3. The molecule has 0 unspecified atom stereocenters. The van der Waals surface area contributed by atoms with E-state index in [1.807, 2.05) is 6.20 Å². The third kappa shape index (κ3) is 2.64. The zero-order chi connectivity index (χ0) is 11.5. The molecule has 0 aromatic carbocycles. The molecule has 1 fully saturated rings. The molecule has 0 aliphatic heterocycles. The monoisotopic (exact) mass is 221 g/mol. The Hall–Kier alpha value is -0.830. The molecular formula is C13H23N3. The molecule has 1 heterocycles. The maximum Gasteiger partial charge on any atom is 0.0537 e. The van der Waals surface area contributed by atoms with Crippen LogP contribution >= 0.6 is 0 Å². The zero-order valence-corrected chi connectivity index (χ0v) is 10.7. The Labute approximate surface area is 98.2 Å². The van der Waals surface area contributed by atoms with Crippen molar-refractivity contribution < 1.29 is 0 Å². The van der Waals surface area contributed by atoms with Gasteiger partial charge in [-0.15, -0.1) is 0 Å². The van der Waals surface area contributed by atoms with E-state index in [-0.39, 0.29) is 0 Å². The molecule has 3 heteroatoms. The third-order valence-electron chi connectivity index (χ3n) is 3.10. The minimum Gasteiger partial charge on any atom is -0.310 e. The number of hydrogen-bond donors (Lipinski definition) is 1. The summed E-state index contributed by atoms with van der Waals surface area (Å²) in [7, 11) is 0. The quantitative estimate of drug-likeness (QED) is 0.800. The summed E-state index contributed by atoms with van der Waals surface area (Å²) in [4.78, 5) is 0. The van der Waals surface area contributed by atoms with E-state index < -0.39 is 0 Å². The molecule has 1 N–H and O–H groups in total. The van der Waals surface area contributed by atoms with Gasteiger partial charge in [-0.25, -0.2) is 0 Å². The summed E-state index contributed by atoms with van der Waals surface area (Å²) >= 11 is 0. The van der Waals surface area contributed by atoms with E-state index in [2.05, 4.69) is 35.9 Å². The maximum absolute atomic E-state index is 4.50. The van der Waals surface area contributed by atoms with Crippen molar-refractivity contribution in [2.24, 2.45) is 0 Å². The third-order valence-corrected chi connectivity index (χ3v) is 3.10. The fourth-order valence-corrected chi connectivity index (χ4v) is 2.17. The summed E-state index contributed by atoms with van der Waals surface area (Å²) < 4.78 is 2.18. The number of hydrogen-bond acceptors (Lipinski definition) is 2. The highest BCUT2D eigenvalue weighted by Crippen LogP contribution is 2.23. The molecule has 0 amide bonds. The summed E-state index contributed by atoms with van der Waals surface area (Å²) in [6, 6.07) is 0.773. The van der Waals surface area contributed by atoms with E-state index in [1.54, 1.807) is 0 Å². The Morgan fingerprint density at radius 3 is 2.81 bits per heavy atom. The molecule has 0 bridgehead atoms.